The highest BCUT2D eigenvalue weighted by atomic mass is 19.1. The molecule has 0 saturated heterocycles. The zero-order chi connectivity index (χ0) is 18.4. The third kappa shape index (κ3) is 4.76. The summed E-state index contributed by atoms with van der Waals surface area (Å²) < 4.78 is 18.8. The fourth-order valence-electron chi connectivity index (χ4n) is 2.20. The highest BCUT2D eigenvalue weighted by molar-refractivity contribution is 5.99. The maximum Gasteiger partial charge on any atom is 0.324 e. The Hall–Kier alpha value is -3.48. The van der Waals surface area contributed by atoms with Gasteiger partial charge in [-0.25, -0.2) is 19.2 Å². The molecule has 2 aromatic carbocycles. The molecule has 1 heterocycles. The second-order valence-corrected chi connectivity index (χ2v) is 5.57. The first-order valence-electron chi connectivity index (χ1n) is 7.93. The molecule has 0 unspecified atom stereocenters. The van der Waals surface area contributed by atoms with Crippen molar-refractivity contribution in [2.45, 2.75) is 13.5 Å². The molecule has 0 aliphatic heterocycles. The van der Waals surface area contributed by atoms with Crippen molar-refractivity contribution >= 4 is 17.5 Å². The summed E-state index contributed by atoms with van der Waals surface area (Å²) in [5, 5.41) is 5.30. The van der Waals surface area contributed by atoms with Crippen LogP contribution in [0.5, 0.6) is 5.88 Å². The number of halogens is 1. The Morgan fingerprint density at radius 2 is 1.85 bits per heavy atom. The topological polar surface area (TPSA) is 76.1 Å². The number of carbonyl (C=O) groups excluding carboxylic acids is 1. The van der Waals surface area contributed by atoms with Crippen LogP contribution in [0.25, 0.3) is 0 Å². The maximum absolute atomic E-state index is 13.2. The smallest absolute Gasteiger partial charge is 0.324 e. The molecule has 0 aliphatic carbocycles. The van der Waals surface area contributed by atoms with Crippen molar-refractivity contribution in [3.05, 3.63) is 77.9 Å². The van der Waals surface area contributed by atoms with E-state index in [0.717, 1.165) is 5.56 Å². The molecule has 0 radical (unpaired) electrons. The highest BCUT2D eigenvalue weighted by Gasteiger charge is 2.11. The third-order valence-electron chi connectivity index (χ3n) is 3.47. The fraction of sp³-hybridized carbons (Fsp3) is 0.105. The predicted octanol–water partition coefficient (Wildman–Crippen LogP) is 4.15. The molecule has 0 saturated carbocycles. The maximum atomic E-state index is 13.2. The quantitative estimate of drug-likeness (QED) is 0.723. The number of anilines is 2. The predicted molar refractivity (Wildman–Crippen MR) is 96.6 cm³/mol. The average molecular weight is 352 g/mol. The standard InChI is InChI=1S/C19H17FN4O2/c1-13-5-7-16(8-6-13)23-19(25)24-17-18(22-10-9-21-17)26-12-14-3-2-4-15(20)11-14/h2-11H,12H2,1H3,(H2,21,23,24,25). The van der Waals surface area contributed by atoms with E-state index in [0.29, 0.717) is 11.3 Å². The molecule has 2 N–H and O–H groups in total. The first kappa shape index (κ1) is 17.3. The van der Waals surface area contributed by atoms with Crippen molar-refractivity contribution in [2.75, 3.05) is 10.6 Å². The summed E-state index contributed by atoms with van der Waals surface area (Å²) in [4.78, 5) is 20.3. The van der Waals surface area contributed by atoms with Crippen molar-refractivity contribution in [1.82, 2.24) is 9.97 Å². The number of hydrogen-bond donors (Lipinski definition) is 2. The molecule has 2 amide bonds. The van der Waals surface area contributed by atoms with Crippen molar-refractivity contribution in [3.63, 3.8) is 0 Å². The monoisotopic (exact) mass is 352 g/mol. The van der Waals surface area contributed by atoms with Gasteiger partial charge in [0.15, 0.2) is 5.82 Å². The Balaban J connectivity index is 1.64. The van der Waals surface area contributed by atoms with Gasteiger partial charge >= 0.3 is 6.03 Å². The minimum absolute atomic E-state index is 0.102. The lowest BCUT2D eigenvalue weighted by atomic mass is 10.2. The summed E-state index contributed by atoms with van der Waals surface area (Å²) in [6.07, 6.45) is 2.89. The molecule has 1 aromatic heterocycles. The van der Waals surface area contributed by atoms with Crippen LogP contribution in [0.2, 0.25) is 0 Å². The molecule has 3 aromatic rings. The third-order valence-corrected chi connectivity index (χ3v) is 3.47. The number of benzene rings is 2. The fourth-order valence-corrected chi connectivity index (χ4v) is 2.20. The van der Waals surface area contributed by atoms with Gasteiger partial charge in [-0.15, -0.1) is 0 Å². The summed E-state index contributed by atoms with van der Waals surface area (Å²) in [6, 6.07) is 13.0. The van der Waals surface area contributed by atoms with Gasteiger partial charge in [-0.2, -0.15) is 0 Å². The van der Waals surface area contributed by atoms with Gasteiger partial charge in [-0.1, -0.05) is 29.8 Å². The Kier molecular flexibility index (Phi) is 5.38. The molecule has 0 fully saturated rings. The van der Waals surface area contributed by atoms with Crippen molar-refractivity contribution in [1.29, 1.82) is 0 Å². The van der Waals surface area contributed by atoms with E-state index >= 15 is 0 Å². The van der Waals surface area contributed by atoms with Gasteiger partial charge in [0.05, 0.1) is 0 Å². The van der Waals surface area contributed by atoms with Crippen LogP contribution in [0.3, 0.4) is 0 Å². The molecular weight excluding hydrogens is 335 g/mol. The zero-order valence-electron chi connectivity index (χ0n) is 14.1. The molecule has 0 atom stereocenters. The van der Waals surface area contributed by atoms with Crippen molar-refractivity contribution < 1.29 is 13.9 Å². The Morgan fingerprint density at radius 3 is 2.62 bits per heavy atom. The van der Waals surface area contributed by atoms with Gasteiger partial charge in [0.1, 0.15) is 12.4 Å². The van der Waals surface area contributed by atoms with E-state index in [2.05, 4.69) is 20.6 Å². The molecule has 132 valence electrons. The number of aromatic nitrogens is 2. The number of urea groups is 1. The van der Waals surface area contributed by atoms with Crippen LogP contribution in [0.4, 0.5) is 20.7 Å². The summed E-state index contributed by atoms with van der Waals surface area (Å²) in [6.45, 7) is 2.07. The summed E-state index contributed by atoms with van der Waals surface area (Å²) >= 11 is 0. The van der Waals surface area contributed by atoms with Crippen LogP contribution in [0.1, 0.15) is 11.1 Å². The van der Waals surface area contributed by atoms with E-state index < -0.39 is 6.03 Å². The number of nitrogens with zero attached hydrogens (tertiary/aromatic N) is 2. The van der Waals surface area contributed by atoms with E-state index in [1.165, 1.54) is 24.5 Å². The number of rotatable bonds is 5. The van der Waals surface area contributed by atoms with Crippen LogP contribution in [-0.2, 0) is 6.61 Å². The lowest BCUT2D eigenvalue weighted by molar-refractivity contribution is 0.261. The van der Waals surface area contributed by atoms with Gasteiger partial charge < -0.3 is 10.1 Å². The van der Waals surface area contributed by atoms with E-state index in [1.807, 2.05) is 19.1 Å². The number of hydrogen-bond acceptors (Lipinski definition) is 4. The summed E-state index contributed by atoms with van der Waals surface area (Å²) in [5.41, 5.74) is 2.39. The highest BCUT2D eigenvalue weighted by Crippen LogP contribution is 2.19. The Bertz CT molecular complexity index is 900. The van der Waals surface area contributed by atoms with Gasteiger partial charge in [0.25, 0.3) is 5.88 Å². The molecule has 0 spiro atoms. The largest absolute Gasteiger partial charge is 0.470 e. The SMILES string of the molecule is Cc1ccc(NC(=O)Nc2nccnc2OCc2cccc(F)c2)cc1. The van der Waals surface area contributed by atoms with E-state index in [9.17, 15) is 9.18 Å². The number of ether oxygens (including phenoxy) is 1. The zero-order valence-corrected chi connectivity index (χ0v) is 14.1. The Labute approximate surface area is 150 Å². The number of nitrogens with one attached hydrogen (secondary N) is 2. The molecular formula is C19H17FN4O2. The molecule has 0 aliphatic rings. The average Bonchev–Trinajstić information content (AvgIpc) is 2.63. The Morgan fingerprint density at radius 1 is 1.08 bits per heavy atom. The van der Waals surface area contributed by atoms with Crippen LogP contribution in [0, 0.1) is 12.7 Å². The van der Waals surface area contributed by atoms with Crippen LogP contribution in [-0.4, -0.2) is 16.0 Å². The number of aryl methyl sites for hydroxylation is 1. The van der Waals surface area contributed by atoms with Crippen LogP contribution in [0.15, 0.2) is 60.9 Å². The molecule has 3 rings (SSSR count). The first-order valence-corrected chi connectivity index (χ1v) is 7.93. The van der Waals surface area contributed by atoms with Crippen LogP contribution >= 0.6 is 0 Å². The van der Waals surface area contributed by atoms with Gasteiger partial charge in [0, 0.05) is 18.1 Å². The second-order valence-electron chi connectivity index (χ2n) is 5.57. The van der Waals surface area contributed by atoms with E-state index in [-0.39, 0.29) is 24.1 Å². The summed E-state index contributed by atoms with van der Waals surface area (Å²) in [7, 11) is 0. The van der Waals surface area contributed by atoms with E-state index in [1.54, 1.807) is 24.3 Å². The van der Waals surface area contributed by atoms with Crippen LogP contribution < -0.4 is 15.4 Å². The number of carbonyl (C=O) groups is 1. The molecule has 6 nitrogen and oxygen atoms in total. The minimum atomic E-state index is -0.468. The van der Waals surface area contributed by atoms with Gasteiger partial charge in [0.2, 0.25) is 0 Å². The molecule has 0 bridgehead atoms. The normalized spacial score (nSPS) is 10.2. The molecule has 7 heteroatoms. The van der Waals surface area contributed by atoms with Gasteiger partial charge in [-0.05, 0) is 36.8 Å². The minimum Gasteiger partial charge on any atom is -0.470 e. The first-order chi connectivity index (χ1) is 12.6. The molecule has 26 heavy (non-hydrogen) atoms. The van der Waals surface area contributed by atoms with E-state index in [4.69, 9.17) is 4.74 Å². The second kappa shape index (κ2) is 8.06. The number of amides is 2. The summed E-state index contributed by atoms with van der Waals surface area (Å²) in [5.74, 6) is -0.0228. The van der Waals surface area contributed by atoms with Gasteiger partial charge in [-0.3, -0.25) is 5.32 Å². The lowest BCUT2D eigenvalue weighted by Gasteiger charge is -2.11. The van der Waals surface area contributed by atoms with Crippen molar-refractivity contribution in [2.24, 2.45) is 0 Å². The van der Waals surface area contributed by atoms with Crippen molar-refractivity contribution in [3.8, 4) is 5.88 Å². The lowest BCUT2D eigenvalue weighted by Crippen LogP contribution is -2.21.